The normalized spacial score (nSPS) is 11.0. The summed E-state index contributed by atoms with van der Waals surface area (Å²) in [5.41, 5.74) is 9.04. The van der Waals surface area contributed by atoms with Gasteiger partial charge in [-0.05, 0) is 48.9 Å². The minimum Gasteiger partial charge on any atom is -0.494 e. The second kappa shape index (κ2) is 8.28. The molecule has 30 heavy (non-hydrogen) atoms. The van der Waals surface area contributed by atoms with Crippen LogP contribution in [0.5, 0.6) is 5.75 Å². The average Bonchev–Trinajstić information content (AvgIpc) is 3.07. The molecule has 0 aliphatic rings. The molecule has 0 spiro atoms. The molecule has 0 atom stereocenters. The van der Waals surface area contributed by atoms with Crippen LogP contribution in [0.4, 0.5) is 11.5 Å². The third-order valence-electron chi connectivity index (χ3n) is 4.90. The number of nitrogens with zero attached hydrogens (tertiary/aromatic N) is 4. The van der Waals surface area contributed by atoms with Crippen LogP contribution < -0.4 is 21.5 Å². The van der Waals surface area contributed by atoms with Gasteiger partial charge in [0.15, 0.2) is 11.5 Å². The highest BCUT2D eigenvalue weighted by molar-refractivity contribution is 5.85. The van der Waals surface area contributed by atoms with Crippen molar-refractivity contribution in [2.45, 2.75) is 19.8 Å². The molecule has 4 rings (SSSR count). The molecule has 4 aromatic rings. The Labute approximate surface area is 174 Å². The van der Waals surface area contributed by atoms with Crippen LogP contribution in [0.1, 0.15) is 19.8 Å². The predicted octanol–water partition coefficient (Wildman–Crippen LogP) is 3.37. The van der Waals surface area contributed by atoms with E-state index in [1.54, 1.807) is 4.57 Å². The molecule has 0 aliphatic heterocycles. The summed E-state index contributed by atoms with van der Waals surface area (Å²) in [6, 6.07) is 14.9. The fourth-order valence-corrected chi connectivity index (χ4v) is 3.35. The highest BCUT2D eigenvalue weighted by Crippen LogP contribution is 2.24. The minimum atomic E-state index is -0.273. The number of ether oxygens (including phenoxy) is 1. The number of benzene rings is 2. The van der Waals surface area contributed by atoms with Gasteiger partial charge in [0.25, 0.3) is 0 Å². The number of anilines is 2. The fourth-order valence-electron chi connectivity index (χ4n) is 3.35. The lowest BCUT2D eigenvalue weighted by molar-refractivity contribution is 0.309. The van der Waals surface area contributed by atoms with Crippen molar-refractivity contribution in [2.75, 3.05) is 24.7 Å². The summed E-state index contributed by atoms with van der Waals surface area (Å²) in [4.78, 5) is 21.9. The molecule has 3 N–H and O–H groups in total. The van der Waals surface area contributed by atoms with E-state index in [1.807, 2.05) is 55.6 Å². The molecule has 2 aromatic heterocycles. The highest BCUT2D eigenvalue weighted by Gasteiger charge is 2.20. The van der Waals surface area contributed by atoms with E-state index in [4.69, 9.17) is 10.5 Å². The zero-order chi connectivity index (χ0) is 21.1. The summed E-state index contributed by atoms with van der Waals surface area (Å²) in [5, 5.41) is 3.09. The smallest absolute Gasteiger partial charge is 0.339 e. The van der Waals surface area contributed by atoms with Crippen LogP contribution in [0.25, 0.3) is 22.5 Å². The van der Waals surface area contributed by atoms with Crippen molar-refractivity contribution < 1.29 is 4.74 Å². The van der Waals surface area contributed by atoms with Crippen LogP contribution in [0.3, 0.4) is 0 Å². The Kier molecular flexibility index (Phi) is 5.38. The van der Waals surface area contributed by atoms with Crippen LogP contribution in [-0.2, 0) is 0 Å². The van der Waals surface area contributed by atoms with Crippen molar-refractivity contribution in [1.82, 2.24) is 19.1 Å². The van der Waals surface area contributed by atoms with E-state index in [0.717, 1.165) is 24.3 Å². The molecule has 0 saturated heterocycles. The molecule has 0 fully saturated rings. The van der Waals surface area contributed by atoms with Gasteiger partial charge < -0.3 is 15.8 Å². The molecule has 0 unspecified atom stereocenters. The molecular formula is C22H24N6O2. The number of unbranched alkanes of at least 4 members (excludes halogenated alkanes) is 1. The van der Waals surface area contributed by atoms with E-state index in [1.165, 1.54) is 10.9 Å². The van der Waals surface area contributed by atoms with Crippen molar-refractivity contribution in [3.63, 3.8) is 0 Å². The summed E-state index contributed by atoms with van der Waals surface area (Å²) < 4.78 is 8.81. The number of nitrogens with one attached hydrogen (secondary N) is 1. The van der Waals surface area contributed by atoms with Gasteiger partial charge in [-0.25, -0.2) is 19.3 Å². The van der Waals surface area contributed by atoms with Crippen molar-refractivity contribution in [2.24, 2.45) is 0 Å². The zero-order valence-electron chi connectivity index (χ0n) is 17.0. The maximum absolute atomic E-state index is 13.5. The lowest BCUT2D eigenvalue weighted by Gasteiger charge is -2.08. The predicted molar refractivity (Wildman–Crippen MR) is 119 cm³/mol. The second-order valence-corrected chi connectivity index (χ2v) is 6.88. The Morgan fingerprint density at radius 3 is 2.60 bits per heavy atom. The Balaban J connectivity index is 1.87. The first-order valence-corrected chi connectivity index (χ1v) is 9.89. The SMILES string of the molecule is CCCCOc1ccc(-n2c(=O)n(-c3cccc(NC)c3)c3ncnc(N)c32)cc1. The van der Waals surface area contributed by atoms with Crippen LogP contribution >= 0.6 is 0 Å². The molecule has 2 aromatic carbocycles. The Bertz CT molecular complexity index is 1230. The van der Waals surface area contributed by atoms with Gasteiger partial charge in [0.05, 0.1) is 18.0 Å². The van der Waals surface area contributed by atoms with Crippen molar-refractivity contribution in [1.29, 1.82) is 0 Å². The minimum absolute atomic E-state index is 0.240. The maximum atomic E-state index is 13.5. The standard InChI is InChI=1S/C22H24N6O2/c1-3-4-12-30-18-10-8-16(9-11-18)27-19-20(23)25-14-26-21(19)28(22(27)29)17-7-5-6-15(13-17)24-2/h5-11,13-14,24H,3-4,12H2,1-2H3,(H2,23,25,26). The van der Waals surface area contributed by atoms with Gasteiger partial charge in [-0.3, -0.25) is 4.57 Å². The molecule has 2 heterocycles. The molecule has 0 amide bonds. The van der Waals surface area contributed by atoms with E-state index in [0.29, 0.717) is 29.1 Å². The van der Waals surface area contributed by atoms with E-state index >= 15 is 0 Å². The number of nitrogen functional groups attached to an aromatic ring is 1. The third-order valence-corrected chi connectivity index (χ3v) is 4.90. The lowest BCUT2D eigenvalue weighted by Crippen LogP contribution is -2.22. The maximum Gasteiger partial charge on any atom is 0.339 e. The monoisotopic (exact) mass is 404 g/mol. The Morgan fingerprint density at radius 2 is 1.87 bits per heavy atom. The third kappa shape index (κ3) is 3.47. The van der Waals surface area contributed by atoms with Crippen LogP contribution in [0, 0.1) is 0 Å². The number of rotatable bonds is 7. The largest absolute Gasteiger partial charge is 0.494 e. The number of hydrogen-bond donors (Lipinski definition) is 2. The summed E-state index contributed by atoms with van der Waals surface area (Å²) in [7, 11) is 1.83. The highest BCUT2D eigenvalue weighted by atomic mass is 16.5. The molecule has 0 bridgehead atoms. The topological polar surface area (TPSA) is 100.0 Å². The summed E-state index contributed by atoms with van der Waals surface area (Å²) in [5.74, 6) is 0.999. The van der Waals surface area contributed by atoms with Crippen molar-refractivity contribution in [3.05, 3.63) is 65.3 Å². The molecule has 0 saturated carbocycles. The summed E-state index contributed by atoms with van der Waals surface area (Å²) in [6.07, 6.45) is 3.43. The van der Waals surface area contributed by atoms with Crippen molar-refractivity contribution in [3.8, 4) is 17.1 Å². The lowest BCUT2D eigenvalue weighted by atomic mass is 10.2. The van der Waals surface area contributed by atoms with Gasteiger partial charge in [-0.2, -0.15) is 0 Å². The second-order valence-electron chi connectivity index (χ2n) is 6.88. The van der Waals surface area contributed by atoms with Crippen LogP contribution in [0.15, 0.2) is 59.7 Å². The first-order chi connectivity index (χ1) is 14.6. The molecule has 0 aliphatic carbocycles. The van der Waals surface area contributed by atoms with E-state index in [9.17, 15) is 4.79 Å². The van der Waals surface area contributed by atoms with Gasteiger partial charge in [0.1, 0.15) is 17.6 Å². The molecule has 8 heteroatoms. The zero-order valence-corrected chi connectivity index (χ0v) is 17.0. The van der Waals surface area contributed by atoms with E-state index in [2.05, 4.69) is 22.2 Å². The van der Waals surface area contributed by atoms with E-state index < -0.39 is 0 Å². The number of nitrogens with two attached hydrogens (primary N) is 1. The molecular weight excluding hydrogens is 380 g/mol. The summed E-state index contributed by atoms with van der Waals surface area (Å²) >= 11 is 0. The first-order valence-electron chi connectivity index (χ1n) is 9.89. The van der Waals surface area contributed by atoms with Gasteiger partial charge >= 0.3 is 5.69 Å². The molecule has 154 valence electrons. The summed E-state index contributed by atoms with van der Waals surface area (Å²) in [6.45, 7) is 2.78. The quantitative estimate of drug-likeness (QED) is 0.458. The number of imidazole rings is 1. The van der Waals surface area contributed by atoms with Crippen molar-refractivity contribution >= 4 is 22.7 Å². The Morgan fingerprint density at radius 1 is 1.07 bits per heavy atom. The van der Waals surface area contributed by atoms with Gasteiger partial charge in [-0.15, -0.1) is 0 Å². The van der Waals surface area contributed by atoms with E-state index in [-0.39, 0.29) is 11.5 Å². The molecule has 8 nitrogen and oxygen atoms in total. The van der Waals surface area contributed by atoms with Gasteiger partial charge in [0, 0.05) is 12.7 Å². The number of hydrogen-bond acceptors (Lipinski definition) is 6. The van der Waals surface area contributed by atoms with Crippen LogP contribution in [-0.4, -0.2) is 32.8 Å². The number of aromatic nitrogens is 4. The Hall–Kier alpha value is -3.81. The fraction of sp³-hybridized carbons (Fsp3) is 0.227. The first kappa shape index (κ1) is 19.5. The van der Waals surface area contributed by atoms with Crippen LogP contribution in [0.2, 0.25) is 0 Å². The van der Waals surface area contributed by atoms with Gasteiger partial charge in [0.2, 0.25) is 0 Å². The molecule has 0 radical (unpaired) electrons. The number of fused-ring (bicyclic) bond motifs is 1. The van der Waals surface area contributed by atoms with Gasteiger partial charge in [-0.1, -0.05) is 19.4 Å². The average molecular weight is 404 g/mol.